The number of rotatable bonds is 12. The third kappa shape index (κ3) is 6.96. The second-order valence-corrected chi connectivity index (χ2v) is 5.43. The third-order valence-corrected chi connectivity index (χ3v) is 3.61. The lowest BCUT2D eigenvalue weighted by Gasteiger charge is -2.32. The highest BCUT2D eigenvalue weighted by Crippen LogP contribution is 2.25. The Morgan fingerprint density at radius 1 is 0.952 bits per heavy atom. The van der Waals surface area contributed by atoms with Gasteiger partial charge in [0, 0.05) is 13.0 Å². The Labute approximate surface area is 129 Å². The largest absolute Gasteiger partial charge is 0.460 e. The first-order valence-electron chi connectivity index (χ1n) is 8.25. The lowest BCUT2D eigenvalue weighted by Crippen LogP contribution is -2.43. The summed E-state index contributed by atoms with van der Waals surface area (Å²) in [6.45, 7) is 4.56. The van der Waals surface area contributed by atoms with E-state index in [0.717, 1.165) is 25.0 Å². The highest BCUT2D eigenvalue weighted by Gasteiger charge is 2.31. The second-order valence-electron chi connectivity index (χ2n) is 5.43. The summed E-state index contributed by atoms with van der Waals surface area (Å²) in [6.07, 6.45) is 7.99. The SMILES string of the molecule is CCCCCCCCC(CO)(OCC)Oc1ccccc1. The molecule has 0 fully saturated rings. The zero-order chi connectivity index (χ0) is 15.4. The predicted octanol–water partition coefficient (Wildman–Crippen LogP) is 4.54. The number of hydrogen-bond donors (Lipinski definition) is 1. The van der Waals surface area contributed by atoms with Crippen molar-refractivity contribution in [2.75, 3.05) is 13.2 Å². The molecule has 0 aromatic heterocycles. The van der Waals surface area contributed by atoms with Crippen molar-refractivity contribution in [2.45, 2.75) is 64.6 Å². The molecule has 1 unspecified atom stereocenters. The first kappa shape index (κ1) is 18.0. The molecule has 0 amide bonds. The summed E-state index contributed by atoms with van der Waals surface area (Å²) in [5.74, 6) is -0.160. The number of aliphatic hydroxyl groups excluding tert-OH is 1. The average molecular weight is 294 g/mol. The molecule has 0 saturated heterocycles. The van der Waals surface area contributed by atoms with E-state index < -0.39 is 5.79 Å². The summed E-state index contributed by atoms with van der Waals surface area (Å²) in [7, 11) is 0. The highest BCUT2D eigenvalue weighted by atomic mass is 16.7. The number of hydrogen-bond acceptors (Lipinski definition) is 3. The van der Waals surface area contributed by atoms with E-state index in [-0.39, 0.29) is 6.61 Å². The summed E-state index contributed by atoms with van der Waals surface area (Å²) in [4.78, 5) is 0. The lowest BCUT2D eigenvalue weighted by molar-refractivity contribution is -0.207. The van der Waals surface area contributed by atoms with Crippen LogP contribution in [0.1, 0.15) is 58.8 Å². The van der Waals surface area contributed by atoms with Crippen molar-refractivity contribution < 1.29 is 14.6 Å². The van der Waals surface area contributed by atoms with Crippen LogP contribution in [0.4, 0.5) is 0 Å². The molecule has 1 rings (SSSR count). The zero-order valence-electron chi connectivity index (χ0n) is 13.5. The van der Waals surface area contributed by atoms with Crippen molar-refractivity contribution in [2.24, 2.45) is 0 Å². The van der Waals surface area contributed by atoms with Gasteiger partial charge < -0.3 is 14.6 Å². The van der Waals surface area contributed by atoms with Crippen LogP contribution >= 0.6 is 0 Å². The maximum absolute atomic E-state index is 9.76. The van der Waals surface area contributed by atoms with Gasteiger partial charge in [-0.05, 0) is 25.5 Å². The minimum Gasteiger partial charge on any atom is -0.460 e. The molecule has 0 radical (unpaired) electrons. The Hall–Kier alpha value is -1.06. The van der Waals surface area contributed by atoms with E-state index >= 15 is 0 Å². The molecule has 21 heavy (non-hydrogen) atoms. The molecular formula is C18H30O3. The van der Waals surface area contributed by atoms with Crippen LogP contribution in [0, 0.1) is 0 Å². The monoisotopic (exact) mass is 294 g/mol. The number of benzene rings is 1. The quantitative estimate of drug-likeness (QED) is 0.454. The number of aliphatic hydroxyl groups is 1. The summed E-state index contributed by atoms with van der Waals surface area (Å²) in [5.41, 5.74) is 0. The molecule has 0 spiro atoms. The Bertz CT molecular complexity index is 353. The van der Waals surface area contributed by atoms with Crippen LogP contribution in [0.15, 0.2) is 30.3 Å². The first-order valence-corrected chi connectivity index (χ1v) is 8.25. The van der Waals surface area contributed by atoms with E-state index in [9.17, 15) is 5.11 Å². The van der Waals surface area contributed by atoms with Crippen molar-refractivity contribution in [3.8, 4) is 5.75 Å². The van der Waals surface area contributed by atoms with Gasteiger partial charge in [-0.3, -0.25) is 0 Å². The Kier molecular flexibility index (Phi) is 9.11. The van der Waals surface area contributed by atoms with Gasteiger partial charge >= 0.3 is 0 Å². The number of ether oxygens (including phenoxy) is 2. The summed E-state index contributed by atoms with van der Waals surface area (Å²) >= 11 is 0. The molecule has 120 valence electrons. The molecule has 0 aliphatic rings. The van der Waals surface area contributed by atoms with Gasteiger partial charge in [0.1, 0.15) is 12.4 Å². The normalized spacial score (nSPS) is 13.9. The summed E-state index contributed by atoms with van der Waals surface area (Å²) < 4.78 is 11.7. The van der Waals surface area contributed by atoms with Crippen molar-refractivity contribution in [3.05, 3.63) is 30.3 Å². The average Bonchev–Trinajstić information content (AvgIpc) is 2.52. The number of para-hydroxylation sites is 1. The van der Waals surface area contributed by atoms with Gasteiger partial charge in [-0.25, -0.2) is 0 Å². The van der Waals surface area contributed by atoms with Gasteiger partial charge in [0.05, 0.1) is 0 Å². The van der Waals surface area contributed by atoms with Crippen molar-refractivity contribution >= 4 is 0 Å². The fourth-order valence-corrected chi connectivity index (χ4v) is 2.45. The van der Waals surface area contributed by atoms with Crippen molar-refractivity contribution in [1.29, 1.82) is 0 Å². The van der Waals surface area contributed by atoms with Gasteiger partial charge in [-0.15, -0.1) is 0 Å². The van der Waals surface area contributed by atoms with Gasteiger partial charge in [-0.2, -0.15) is 0 Å². The third-order valence-electron chi connectivity index (χ3n) is 3.61. The fraction of sp³-hybridized carbons (Fsp3) is 0.667. The summed E-state index contributed by atoms with van der Waals surface area (Å²) in [5, 5.41) is 9.76. The second kappa shape index (κ2) is 10.6. The van der Waals surface area contributed by atoms with Crippen LogP contribution in [-0.4, -0.2) is 24.1 Å². The van der Waals surface area contributed by atoms with Crippen LogP contribution in [0.3, 0.4) is 0 Å². The van der Waals surface area contributed by atoms with E-state index in [1.807, 2.05) is 37.3 Å². The van der Waals surface area contributed by atoms with Crippen LogP contribution < -0.4 is 4.74 Å². The minimum absolute atomic E-state index is 0.120. The Morgan fingerprint density at radius 2 is 1.62 bits per heavy atom. The molecule has 3 heteroatoms. The maximum Gasteiger partial charge on any atom is 0.233 e. The van der Waals surface area contributed by atoms with Gasteiger partial charge in [0.15, 0.2) is 0 Å². The molecular weight excluding hydrogens is 264 g/mol. The Morgan fingerprint density at radius 3 is 2.24 bits per heavy atom. The van der Waals surface area contributed by atoms with Crippen LogP contribution in [0.25, 0.3) is 0 Å². The molecule has 0 bridgehead atoms. The van der Waals surface area contributed by atoms with Gasteiger partial charge in [-0.1, -0.05) is 57.2 Å². The molecule has 1 N–H and O–H groups in total. The molecule has 1 aromatic rings. The molecule has 0 saturated carbocycles. The van der Waals surface area contributed by atoms with E-state index in [1.54, 1.807) is 0 Å². The standard InChI is InChI=1S/C18H30O3/c1-3-5-6-7-8-12-15-18(16-19,20-4-2)21-17-13-10-9-11-14-17/h9-11,13-14,19H,3-8,12,15-16H2,1-2H3. The molecule has 3 nitrogen and oxygen atoms in total. The van der Waals surface area contributed by atoms with Gasteiger partial charge in [0.25, 0.3) is 0 Å². The predicted molar refractivity (Wildman–Crippen MR) is 86.5 cm³/mol. The molecule has 1 aromatic carbocycles. The van der Waals surface area contributed by atoms with Crippen molar-refractivity contribution in [1.82, 2.24) is 0 Å². The molecule has 0 aliphatic heterocycles. The van der Waals surface area contributed by atoms with E-state index in [4.69, 9.17) is 9.47 Å². The first-order chi connectivity index (χ1) is 10.3. The zero-order valence-corrected chi connectivity index (χ0v) is 13.5. The highest BCUT2D eigenvalue weighted by molar-refractivity contribution is 5.21. The van der Waals surface area contributed by atoms with Crippen LogP contribution in [0.5, 0.6) is 5.75 Å². The van der Waals surface area contributed by atoms with E-state index in [0.29, 0.717) is 6.61 Å². The lowest BCUT2D eigenvalue weighted by atomic mass is 10.0. The Balaban J connectivity index is 2.49. The van der Waals surface area contributed by atoms with Crippen molar-refractivity contribution in [3.63, 3.8) is 0 Å². The van der Waals surface area contributed by atoms with Crippen LogP contribution in [-0.2, 0) is 4.74 Å². The number of unbranched alkanes of at least 4 members (excludes halogenated alkanes) is 5. The van der Waals surface area contributed by atoms with E-state index in [2.05, 4.69) is 6.92 Å². The van der Waals surface area contributed by atoms with E-state index in [1.165, 1.54) is 25.7 Å². The fourth-order valence-electron chi connectivity index (χ4n) is 2.45. The molecule has 0 aliphatic carbocycles. The molecule has 0 heterocycles. The van der Waals surface area contributed by atoms with Crippen LogP contribution in [0.2, 0.25) is 0 Å². The topological polar surface area (TPSA) is 38.7 Å². The summed E-state index contributed by atoms with van der Waals surface area (Å²) in [6, 6.07) is 9.58. The molecule has 1 atom stereocenters. The maximum atomic E-state index is 9.76. The minimum atomic E-state index is -0.902. The smallest absolute Gasteiger partial charge is 0.233 e. The van der Waals surface area contributed by atoms with Gasteiger partial charge in [0.2, 0.25) is 5.79 Å².